The second-order valence-corrected chi connectivity index (χ2v) is 12.5. The third kappa shape index (κ3) is 4.26. The summed E-state index contributed by atoms with van der Waals surface area (Å²) >= 11 is 0. The summed E-state index contributed by atoms with van der Waals surface area (Å²) in [6.07, 6.45) is 1.74. The number of fused-ring (bicyclic) bond motifs is 1. The van der Waals surface area contributed by atoms with Crippen molar-refractivity contribution in [1.29, 1.82) is 0 Å². The van der Waals surface area contributed by atoms with Crippen LogP contribution in [0.2, 0.25) is 25.7 Å². The molecule has 0 aliphatic carbocycles. The normalized spacial score (nSPS) is 11.8. The Labute approximate surface area is 135 Å². The summed E-state index contributed by atoms with van der Waals surface area (Å²) in [6.45, 7) is 9.47. The van der Waals surface area contributed by atoms with Crippen LogP contribution in [0.5, 0.6) is 0 Å². The van der Waals surface area contributed by atoms with Crippen molar-refractivity contribution in [3.63, 3.8) is 0 Å². The Kier molecular flexibility index (Phi) is 5.01. The molecule has 0 bridgehead atoms. The van der Waals surface area contributed by atoms with Crippen LogP contribution in [-0.2, 0) is 11.5 Å². The molecular formula is C16H22N2O4Si. The Balaban J connectivity index is 2.29. The summed E-state index contributed by atoms with van der Waals surface area (Å²) in [5.74, 6) is 0. The molecule has 2 rings (SSSR count). The Morgan fingerprint density at radius 3 is 2.57 bits per heavy atom. The van der Waals surface area contributed by atoms with Gasteiger partial charge in [-0.05, 0) is 30.0 Å². The van der Waals surface area contributed by atoms with Crippen molar-refractivity contribution in [3.05, 3.63) is 50.4 Å². The number of benzene rings is 1. The first-order valence-electron chi connectivity index (χ1n) is 7.55. The van der Waals surface area contributed by atoms with Gasteiger partial charge in [-0.1, -0.05) is 19.6 Å². The molecule has 0 aliphatic rings. The van der Waals surface area contributed by atoms with Crippen LogP contribution < -0.4 is 5.56 Å². The lowest BCUT2D eigenvalue weighted by Gasteiger charge is -2.16. The lowest BCUT2D eigenvalue weighted by atomic mass is 10.1. The number of aryl methyl sites for hydroxylation is 1. The van der Waals surface area contributed by atoms with Gasteiger partial charge < -0.3 is 4.74 Å². The van der Waals surface area contributed by atoms with E-state index < -0.39 is 13.0 Å². The Bertz CT molecular complexity index is 793. The molecule has 1 heterocycles. The minimum absolute atomic E-state index is 0.0774. The Morgan fingerprint density at radius 2 is 1.96 bits per heavy atom. The van der Waals surface area contributed by atoms with Crippen LogP contribution in [-0.4, -0.2) is 24.2 Å². The molecule has 7 heteroatoms. The third-order valence-corrected chi connectivity index (χ3v) is 5.41. The van der Waals surface area contributed by atoms with E-state index in [-0.39, 0.29) is 18.0 Å². The molecule has 0 unspecified atom stereocenters. The number of hydrogen-bond donors (Lipinski definition) is 0. The van der Waals surface area contributed by atoms with Gasteiger partial charge in [0.15, 0.2) is 0 Å². The highest BCUT2D eigenvalue weighted by Crippen LogP contribution is 2.20. The fourth-order valence-electron chi connectivity index (χ4n) is 2.32. The molecule has 0 aliphatic heterocycles. The van der Waals surface area contributed by atoms with Gasteiger partial charge in [0.05, 0.1) is 10.3 Å². The fourth-order valence-corrected chi connectivity index (χ4v) is 3.08. The largest absolute Gasteiger partial charge is 0.361 e. The predicted molar refractivity (Wildman–Crippen MR) is 93.7 cm³/mol. The summed E-state index contributed by atoms with van der Waals surface area (Å²) in [6, 6.07) is 5.41. The van der Waals surface area contributed by atoms with Crippen LogP contribution in [0.4, 0.5) is 5.69 Å². The number of aromatic nitrogens is 1. The van der Waals surface area contributed by atoms with Crippen LogP contribution >= 0.6 is 0 Å². The van der Waals surface area contributed by atoms with Crippen molar-refractivity contribution in [2.24, 2.45) is 0 Å². The maximum absolute atomic E-state index is 12.5. The Morgan fingerprint density at radius 1 is 1.26 bits per heavy atom. The van der Waals surface area contributed by atoms with E-state index in [2.05, 4.69) is 19.6 Å². The van der Waals surface area contributed by atoms with Crippen molar-refractivity contribution >= 4 is 24.5 Å². The topological polar surface area (TPSA) is 74.4 Å². The standard InChI is InChI=1S/C16H22N2O4Si/c1-12-10-17(11-22-7-8-23(2,3)4)16(19)15-9-13(18(20)21)5-6-14(12)15/h5-6,9-10H,7-8,11H2,1-4H3. The van der Waals surface area contributed by atoms with Crippen molar-refractivity contribution in [3.8, 4) is 0 Å². The lowest BCUT2D eigenvalue weighted by molar-refractivity contribution is -0.384. The van der Waals surface area contributed by atoms with Gasteiger partial charge in [-0.2, -0.15) is 0 Å². The second-order valence-electron chi connectivity index (χ2n) is 6.92. The number of rotatable bonds is 6. The maximum Gasteiger partial charge on any atom is 0.270 e. The smallest absolute Gasteiger partial charge is 0.270 e. The highest BCUT2D eigenvalue weighted by molar-refractivity contribution is 6.76. The highest BCUT2D eigenvalue weighted by Gasteiger charge is 2.14. The van der Waals surface area contributed by atoms with Gasteiger partial charge in [-0.3, -0.25) is 19.5 Å². The van der Waals surface area contributed by atoms with Gasteiger partial charge in [0, 0.05) is 33.0 Å². The predicted octanol–water partition coefficient (Wildman–Crippen LogP) is 3.53. The van der Waals surface area contributed by atoms with Crippen LogP contribution in [0, 0.1) is 17.0 Å². The molecule has 2 aromatic rings. The average molecular weight is 334 g/mol. The first-order valence-corrected chi connectivity index (χ1v) is 11.3. The van der Waals surface area contributed by atoms with E-state index in [0.29, 0.717) is 12.0 Å². The average Bonchev–Trinajstić information content (AvgIpc) is 2.46. The Hall–Kier alpha value is -1.99. The van der Waals surface area contributed by atoms with E-state index in [4.69, 9.17) is 4.74 Å². The van der Waals surface area contributed by atoms with E-state index >= 15 is 0 Å². The van der Waals surface area contributed by atoms with Gasteiger partial charge in [0.25, 0.3) is 11.2 Å². The minimum Gasteiger partial charge on any atom is -0.361 e. The monoisotopic (exact) mass is 334 g/mol. The zero-order valence-electron chi connectivity index (χ0n) is 14.0. The number of hydrogen-bond acceptors (Lipinski definition) is 4. The van der Waals surface area contributed by atoms with Crippen molar-refractivity contribution in [2.45, 2.75) is 39.3 Å². The van der Waals surface area contributed by atoms with Crippen LogP contribution in [0.3, 0.4) is 0 Å². The van der Waals surface area contributed by atoms with Gasteiger partial charge >= 0.3 is 0 Å². The van der Waals surface area contributed by atoms with Gasteiger partial charge in [0.2, 0.25) is 0 Å². The molecule has 0 fully saturated rings. The number of nitrogens with zero attached hydrogens (tertiary/aromatic N) is 2. The zero-order chi connectivity index (χ0) is 17.2. The number of nitro benzene ring substituents is 1. The highest BCUT2D eigenvalue weighted by atomic mass is 28.3. The molecule has 1 aromatic carbocycles. The zero-order valence-corrected chi connectivity index (χ0v) is 15.0. The molecule has 0 saturated heterocycles. The second kappa shape index (κ2) is 6.63. The number of nitro groups is 1. The molecule has 1 aromatic heterocycles. The van der Waals surface area contributed by atoms with Crippen LogP contribution in [0.15, 0.2) is 29.2 Å². The van der Waals surface area contributed by atoms with Crippen LogP contribution in [0.1, 0.15) is 5.56 Å². The summed E-state index contributed by atoms with van der Waals surface area (Å²) in [7, 11) is -1.17. The van der Waals surface area contributed by atoms with Crippen LogP contribution in [0.25, 0.3) is 10.8 Å². The van der Waals surface area contributed by atoms with Crippen molar-refractivity contribution in [1.82, 2.24) is 4.57 Å². The number of ether oxygens (including phenoxy) is 1. The minimum atomic E-state index is -1.17. The molecule has 23 heavy (non-hydrogen) atoms. The molecule has 0 spiro atoms. The molecule has 124 valence electrons. The summed E-state index contributed by atoms with van der Waals surface area (Å²) in [5, 5.41) is 12.0. The molecule has 0 amide bonds. The molecule has 0 atom stereocenters. The maximum atomic E-state index is 12.5. The first-order chi connectivity index (χ1) is 10.7. The fraction of sp³-hybridized carbons (Fsp3) is 0.438. The summed E-state index contributed by atoms with van der Waals surface area (Å²) in [5.41, 5.74) is 0.553. The number of pyridine rings is 1. The molecule has 0 saturated carbocycles. The lowest BCUT2D eigenvalue weighted by Crippen LogP contribution is -2.25. The van der Waals surface area contributed by atoms with E-state index in [1.807, 2.05) is 6.92 Å². The van der Waals surface area contributed by atoms with Gasteiger partial charge in [0.1, 0.15) is 6.73 Å². The third-order valence-electron chi connectivity index (χ3n) is 3.71. The summed E-state index contributed by atoms with van der Waals surface area (Å²) < 4.78 is 7.10. The van der Waals surface area contributed by atoms with Crippen molar-refractivity contribution < 1.29 is 9.66 Å². The van der Waals surface area contributed by atoms with E-state index in [1.165, 1.54) is 16.7 Å². The molecule has 6 nitrogen and oxygen atoms in total. The van der Waals surface area contributed by atoms with E-state index in [1.54, 1.807) is 12.3 Å². The number of non-ortho nitro benzene ring substituents is 1. The van der Waals surface area contributed by atoms with Gasteiger partial charge in [-0.15, -0.1) is 0 Å². The van der Waals surface area contributed by atoms with E-state index in [9.17, 15) is 14.9 Å². The molecule has 0 radical (unpaired) electrons. The quantitative estimate of drug-likeness (QED) is 0.350. The van der Waals surface area contributed by atoms with Gasteiger partial charge in [-0.25, -0.2) is 0 Å². The first kappa shape index (κ1) is 17.4. The van der Waals surface area contributed by atoms with Crippen molar-refractivity contribution in [2.75, 3.05) is 6.61 Å². The molecular weight excluding hydrogens is 312 g/mol. The van der Waals surface area contributed by atoms with E-state index in [0.717, 1.165) is 17.0 Å². The SMILES string of the molecule is Cc1cn(COCC[Si](C)(C)C)c(=O)c2cc([N+](=O)[O-])ccc12. The molecule has 0 N–H and O–H groups in total. The summed E-state index contributed by atoms with van der Waals surface area (Å²) in [4.78, 5) is 22.9.